The zero-order valence-electron chi connectivity index (χ0n) is 6.56. The molecule has 12 heavy (non-hydrogen) atoms. The summed E-state index contributed by atoms with van der Waals surface area (Å²) in [6.45, 7) is 0.281. The Morgan fingerprint density at radius 2 is 1.83 bits per heavy atom. The first-order chi connectivity index (χ1) is 5.63. The molecule has 1 aliphatic heterocycles. The highest BCUT2D eigenvalue weighted by molar-refractivity contribution is 5.88. The van der Waals surface area contributed by atoms with Crippen LogP contribution in [0.2, 0.25) is 0 Å². The maximum Gasteiger partial charge on any atom is 0.223 e. The molecule has 2 atom stereocenters. The van der Waals surface area contributed by atoms with Crippen molar-refractivity contribution in [2.45, 2.75) is 6.42 Å². The van der Waals surface area contributed by atoms with E-state index in [1.807, 2.05) is 0 Å². The molecule has 0 saturated heterocycles. The minimum atomic E-state index is -0.521. The average molecular weight is 169 g/mol. The number of nitrogens with two attached hydrogens (primary N) is 2. The van der Waals surface area contributed by atoms with E-state index in [4.69, 9.17) is 11.5 Å². The van der Waals surface area contributed by atoms with E-state index in [1.54, 1.807) is 6.21 Å². The van der Waals surface area contributed by atoms with Crippen molar-refractivity contribution in [3.05, 3.63) is 0 Å². The standard InChI is InChI=1S/C7H11N3O2/c8-6(11)4-1-2-10-3-5(4)7(9)12/h2,4-5H,1,3H2,(H2,8,11)(H2,9,12). The minimum Gasteiger partial charge on any atom is -0.369 e. The number of rotatable bonds is 2. The predicted octanol–water partition coefficient (Wildman–Crippen LogP) is -1.34. The first-order valence-electron chi connectivity index (χ1n) is 3.70. The Bertz CT molecular complexity index is 213. The van der Waals surface area contributed by atoms with Gasteiger partial charge in [0.05, 0.1) is 18.4 Å². The molecule has 0 radical (unpaired) electrons. The summed E-state index contributed by atoms with van der Waals surface area (Å²) in [7, 11) is 0. The van der Waals surface area contributed by atoms with E-state index in [0.29, 0.717) is 6.42 Å². The van der Waals surface area contributed by atoms with E-state index in [0.717, 1.165) is 0 Å². The summed E-state index contributed by atoms with van der Waals surface area (Å²) in [4.78, 5) is 25.5. The smallest absolute Gasteiger partial charge is 0.223 e. The number of aliphatic imine (C=N–C) groups is 1. The zero-order chi connectivity index (χ0) is 9.14. The summed E-state index contributed by atoms with van der Waals surface area (Å²) < 4.78 is 0. The summed E-state index contributed by atoms with van der Waals surface area (Å²) in [5.41, 5.74) is 10.2. The molecule has 2 unspecified atom stereocenters. The van der Waals surface area contributed by atoms with Gasteiger partial charge in [0, 0.05) is 0 Å². The molecule has 0 aliphatic carbocycles. The van der Waals surface area contributed by atoms with Gasteiger partial charge in [-0.1, -0.05) is 0 Å². The number of amides is 2. The number of carbonyl (C=O) groups excluding carboxylic acids is 2. The number of nitrogens with zero attached hydrogens (tertiary/aromatic N) is 1. The van der Waals surface area contributed by atoms with Crippen LogP contribution in [0.25, 0.3) is 0 Å². The van der Waals surface area contributed by atoms with Crippen LogP contribution in [0.1, 0.15) is 6.42 Å². The molecule has 0 aromatic rings. The normalized spacial score (nSPS) is 28.3. The molecule has 0 saturated carbocycles. The van der Waals surface area contributed by atoms with E-state index in [2.05, 4.69) is 4.99 Å². The van der Waals surface area contributed by atoms with Gasteiger partial charge in [0.15, 0.2) is 0 Å². The second-order valence-corrected chi connectivity index (χ2v) is 2.80. The lowest BCUT2D eigenvalue weighted by atomic mass is 9.87. The van der Waals surface area contributed by atoms with Gasteiger partial charge in [-0.05, 0) is 12.6 Å². The fraction of sp³-hybridized carbons (Fsp3) is 0.571. The van der Waals surface area contributed by atoms with Gasteiger partial charge in [-0.25, -0.2) is 0 Å². The molecule has 0 aromatic carbocycles. The molecule has 1 rings (SSSR count). The second kappa shape index (κ2) is 3.34. The number of hydrogen-bond donors (Lipinski definition) is 2. The number of hydrogen-bond acceptors (Lipinski definition) is 3. The molecule has 5 heteroatoms. The van der Waals surface area contributed by atoms with Gasteiger partial charge in [-0.3, -0.25) is 14.6 Å². The quantitative estimate of drug-likeness (QED) is 0.535. The van der Waals surface area contributed by atoms with Crippen molar-refractivity contribution in [1.29, 1.82) is 0 Å². The highest BCUT2D eigenvalue weighted by Gasteiger charge is 2.31. The zero-order valence-corrected chi connectivity index (χ0v) is 6.56. The van der Waals surface area contributed by atoms with Crippen molar-refractivity contribution >= 4 is 18.0 Å². The van der Waals surface area contributed by atoms with Gasteiger partial charge in [-0.2, -0.15) is 0 Å². The third-order valence-electron chi connectivity index (χ3n) is 2.01. The highest BCUT2D eigenvalue weighted by atomic mass is 16.2. The van der Waals surface area contributed by atoms with Gasteiger partial charge in [0.2, 0.25) is 11.8 Å². The van der Waals surface area contributed by atoms with E-state index in [-0.39, 0.29) is 6.54 Å². The van der Waals surface area contributed by atoms with Crippen molar-refractivity contribution in [2.24, 2.45) is 28.3 Å². The Hall–Kier alpha value is -1.39. The Labute approximate surface area is 69.8 Å². The molecule has 5 nitrogen and oxygen atoms in total. The molecule has 4 N–H and O–H groups in total. The van der Waals surface area contributed by atoms with Gasteiger partial charge >= 0.3 is 0 Å². The first kappa shape index (κ1) is 8.70. The van der Waals surface area contributed by atoms with Crippen molar-refractivity contribution < 1.29 is 9.59 Å². The monoisotopic (exact) mass is 169 g/mol. The number of carbonyl (C=O) groups is 2. The second-order valence-electron chi connectivity index (χ2n) is 2.80. The lowest BCUT2D eigenvalue weighted by Crippen LogP contribution is -2.41. The fourth-order valence-electron chi connectivity index (χ4n) is 1.27. The average Bonchev–Trinajstić information content (AvgIpc) is 2.04. The molecule has 1 aliphatic rings. The van der Waals surface area contributed by atoms with Crippen LogP contribution in [-0.4, -0.2) is 24.6 Å². The number of primary amides is 2. The van der Waals surface area contributed by atoms with Crippen molar-refractivity contribution in [3.63, 3.8) is 0 Å². The topological polar surface area (TPSA) is 98.5 Å². The molecular weight excluding hydrogens is 158 g/mol. The summed E-state index contributed by atoms with van der Waals surface area (Å²) >= 11 is 0. The van der Waals surface area contributed by atoms with E-state index < -0.39 is 23.7 Å². The van der Waals surface area contributed by atoms with E-state index in [9.17, 15) is 9.59 Å². The van der Waals surface area contributed by atoms with Crippen LogP contribution in [0.15, 0.2) is 4.99 Å². The lowest BCUT2D eigenvalue weighted by molar-refractivity contribution is -0.131. The Balaban J connectivity index is 2.76. The molecule has 2 amide bonds. The molecule has 1 heterocycles. The van der Waals surface area contributed by atoms with E-state index >= 15 is 0 Å². The molecule has 0 bridgehead atoms. The maximum absolute atomic E-state index is 10.8. The molecular formula is C7H11N3O2. The van der Waals surface area contributed by atoms with Crippen LogP contribution in [0, 0.1) is 11.8 Å². The fourth-order valence-corrected chi connectivity index (χ4v) is 1.27. The molecule has 66 valence electrons. The molecule has 0 aromatic heterocycles. The largest absolute Gasteiger partial charge is 0.369 e. The Morgan fingerprint density at radius 1 is 1.25 bits per heavy atom. The SMILES string of the molecule is NC(=O)C1CC=NCC1C(N)=O. The van der Waals surface area contributed by atoms with Crippen LogP contribution in [0.5, 0.6) is 0 Å². The third kappa shape index (κ3) is 1.61. The van der Waals surface area contributed by atoms with Gasteiger partial charge in [0.1, 0.15) is 0 Å². The molecule has 0 fully saturated rings. The van der Waals surface area contributed by atoms with E-state index in [1.165, 1.54) is 0 Å². The Kier molecular flexibility index (Phi) is 2.42. The summed E-state index contributed by atoms with van der Waals surface area (Å²) in [6.07, 6.45) is 2.03. The lowest BCUT2D eigenvalue weighted by Gasteiger charge is -2.21. The third-order valence-corrected chi connectivity index (χ3v) is 2.01. The maximum atomic E-state index is 10.8. The minimum absolute atomic E-state index is 0.281. The first-order valence-corrected chi connectivity index (χ1v) is 3.70. The summed E-state index contributed by atoms with van der Waals surface area (Å²) in [5.74, 6) is -1.98. The predicted molar refractivity (Wildman–Crippen MR) is 43.3 cm³/mol. The highest BCUT2D eigenvalue weighted by Crippen LogP contribution is 2.18. The van der Waals surface area contributed by atoms with Crippen LogP contribution in [-0.2, 0) is 9.59 Å². The van der Waals surface area contributed by atoms with Crippen LogP contribution in [0.3, 0.4) is 0 Å². The van der Waals surface area contributed by atoms with Crippen molar-refractivity contribution in [1.82, 2.24) is 0 Å². The summed E-state index contributed by atoms with van der Waals surface area (Å²) in [5, 5.41) is 0. The Morgan fingerprint density at radius 3 is 2.25 bits per heavy atom. The van der Waals surface area contributed by atoms with Gasteiger partial charge in [-0.15, -0.1) is 0 Å². The van der Waals surface area contributed by atoms with Crippen LogP contribution in [0.4, 0.5) is 0 Å². The van der Waals surface area contributed by atoms with Crippen molar-refractivity contribution in [3.8, 4) is 0 Å². The summed E-state index contributed by atoms with van der Waals surface area (Å²) in [6, 6.07) is 0. The van der Waals surface area contributed by atoms with Gasteiger partial charge < -0.3 is 11.5 Å². The van der Waals surface area contributed by atoms with Crippen LogP contribution < -0.4 is 11.5 Å². The molecule has 0 spiro atoms. The van der Waals surface area contributed by atoms with Crippen LogP contribution >= 0.6 is 0 Å². The van der Waals surface area contributed by atoms with Gasteiger partial charge in [0.25, 0.3) is 0 Å². The van der Waals surface area contributed by atoms with Crippen molar-refractivity contribution in [2.75, 3.05) is 6.54 Å².